The minimum absolute atomic E-state index is 0.377. The Morgan fingerprint density at radius 3 is 2.94 bits per heavy atom. The van der Waals surface area contributed by atoms with E-state index in [0.717, 1.165) is 37.5 Å². The number of rotatable bonds is 5. The summed E-state index contributed by atoms with van der Waals surface area (Å²) in [6.07, 6.45) is 1.48. The lowest BCUT2D eigenvalue weighted by atomic mass is 10.2. The van der Waals surface area contributed by atoms with Crippen molar-refractivity contribution in [3.05, 3.63) is 17.5 Å². The lowest BCUT2D eigenvalue weighted by molar-refractivity contribution is 0.111. The molecule has 18 heavy (non-hydrogen) atoms. The summed E-state index contributed by atoms with van der Waals surface area (Å²) in [6, 6.07) is 2.56. The van der Waals surface area contributed by atoms with Gasteiger partial charge in [-0.1, -0.05) is 5.16 Å². The third kappa shape index (κ3) is 3.31. The van der Waals surface area contributed by atoms with Crippen molar-refractivity contribution in [1.82, 2.24) is 15.0 Å². The highest BCUT2D eigenvalue weighted by atomic mass is 16.5. The van der Waals surface area contributed by atoms with Crippen molar-refractivity contribution in [2.45, 2.75) is 32.0 Å². The average molecular weight is 253 g/mol. The van der Waals surface area contributed by atoms with Gasteiger partial charge < -0.3 is 9.26 Å². The van der Waals surface area contributed by atoms with Crippen molar-refractivity contribution >= 4 is 0 Å². The van der Waals surface area contributed by atoms with Gasteiger partial charge in [-0.05, 0) is 27.4 Å². The van der Waals surface area contributed by atoms with Crippen LogP contribution in [0.25, 0.3) is 0 Å². The van der Waals surface area contributed by atoms with E-state index in [9.17, 15) is 0 Å². The lowest BCUT2D eigenvalue weighted by Gasteiger charge is -2.24. The molecule has 0 saturated carbocycles. The molecule has 1 aromatic rings. The quantitative estimate of drug-likeness (QED) is 0.787. The molecule has 0 N–H and O–H groups in total. The van der Waals surface area contributed by atoms with E-state index in [2.05, 4.69) is 29.1 Å². The van der Waals surface area contributed by atoms with Gasteiger partial charge in [-0.3, -0.25) is 9.80 Å². The van der Waals surface area contributed by atoms with Crippen molar-refractivity contribution in [3.63, 3.8) is 0 Å². The Kier molecular flexibility index (Phi) is 4.37. The van der Waals surface area contributed by atoms with E-state index in [1.54, 1.807) is 7.11 Å². The molecule has 1 aromatic heterocycles. The number of aromatic nitrogens is 1. The molecule has 1 aliphatic rings. The summed E-state index contributed by atoms with van der Waals surface area (Å²) in [5.74, 6) is 0.871. The number of hydrogen-bond acceptors (Lipinski definition) is 5. The van der Waals surface area contributed by atoms with E-state index in [4.69, 9.17) is 9.26 Å². The third-order valence-electron chi connectivity index (χ3n) is 3.61. The van der Waals surface area contributed by atoms with Crippen LogP contribution in [-0.2, 0) is 11.3 Å². The number of aryl methyl sites for hydroxylation is 1. The molecule has 2 heterocycles. The predicted octanol–water partition coefficient (Wildman–Crippen LogP) is 1.13. The summed E-state index contributed by atoms with van der Waals surface area (Å²) in [6.45, 7) is 4.81. The third-order valence-corrected chi connectivity index (χ3v) is 3.61. The Morgan fingerprint density at radius 2 is 2.39 bits per heavy atom. The fourth-order valence-corrected chi connectivity index (χ4v) is 2.61. The molecule has 2 rings (SSSR count). The second-order valence-electron chi connectivity index (χ2n) is 5.31. The first kappa shape index (κ1) is 13.5. The normalized spacial score (nSPS) is 25.2. The van der Waals surface area contributed by atoms with E-state index in [1.165, 1.54) is 0 Å². The topological polar surface area (TPSA) is 41.7 Å². The van der Waals surface area contributed by atoms with E-state index < -0.39 is 0 Å². The summed E-state index contributed by atoms with van der Waals surface area (Å²) >= 11 is 0. The Morgan fingerprint density at radius 1 is 1.61 bits per heavy atom. The van der Waals surface area contributed by atoms with Crippen LogP contribution in [0.4, 0.5) is 0 Å². The predicted molar refractivity (Wildman–Crippen MR) is 69.4 cm³/mol. The molecule has 0 aliphatic carbocycles. The summed E-state index contributed by atoms with van der Waals surface area (Å²) in [5.41, 5.74) is 0.999. The molecule has 0 aromatic carbocycles. The molecule has 2 atom stereocenters. The van der Waals surface area contributed by atoms with Gasteiger partial charge in [0.15, 0.2) is 0 Å². The highest BCUT2D eigenvalue weighted by molar-refractivity contribution is 5.03. The van der Waals surface area contributed by atoms with Crippen LogP contribution in [0.5, 0.6) is 0 Å². The Hall–Kier alpha value is -0.910. The average Bonchev–Trinajstić information content (AvgIpc) is 2.86. The fourth-order valence-electron chi connectivity index (χ4n) is 2.61. The molecule has 0 amide bonds. The number of methoxy groups -OCH3 is 1. The molecule has 0 bridgehead atoms. The largest absolute Gasteiger partial charge is 0.380 e. The zero-order valence-corrected chi connectivity index (χ0v) is 11.7. The van der Waals surface area contributed by atoms with E-state index in [0.29, 0.717) is 12.1 Å². The number of likely N-dealkylation sites (tertiary alicyclic amines) is 1. The molecule has 0 radical (unpaired) electrons. The van der Waals surface area contributed by atoms with Crippen LogP contribution in [0.1, 0.15) is 17.9 Å². The van der Waals surface area contributed by atoms with Gasteiger partial charge in [0, 0.05) is 38.9 Å². The first-order valence-electron chi connectivity index (χ1n) is 6.42. The van der Waals surface area contributed by atoms with Crippen LogP contribution < -0.4 is 0 Å². The maximum Gasteiger partial charge on any atom is 0.133 e. The maximum absolute atomic E-state index is 5.43. The molecule has 102 valence electrons. The molecule has 1 aliphatic heterocycles. The fraction of sp³-hybridized carbons (Fsp3) is 0.769. The molecular formula is C13H23N3O2. The summed E-state index contributed by atoms with van der Waals surface area (Å²) in [5, 5.41) is 4.03. The van der Waals surface area contributed by atoms with Crippen molar-refractivity contribution in [1.29, 1.82) is 0 Å². The number of ether oxygens (including phenoxy) is 1. The zero-order chi connectivity index (χ0) is 13.1. The van der Waals surface area contributed by atoms with Gasteiger partial charge in [-0.2, -0.15) is 0 Å². The van der Waals surface area contributed by atoms with Gasteiger partial charge in [0.25, 0.3) is 0 Å². The molecular weight excluding hydrogens is 230 g/mol. The number of nitrogens with zero attached hydrogens (tertiary/aromatic N) is 3. The monoisotopic (exact) mass is 253 g/mol. The zero-order valence-electron chi connectivity index (χ0n) is 11.7. The SMILES string of the molecule is CO[C@H]1C[C@@H](CN(C)Cc2cc(C)on2)N(C)C1. The van der Waals surface area contributed by atoms with Gasteiger partial charge in [0.1, 0.15) is 5.76 Å². The first-order valence-corrected chi connectivity index (χ1v) is 6.42. The van der Waals surface area contributed by atoms with Crippen LogP contribution in [-0.4, -0.2) is 61.4 Å². The molecule has 0 spiro atoms. The van der Waals surface area contributed by atoms with Crippen LogP contribution in [0, 0.1) is 6.92 Å². The van der Waals surface area contributed by atoms with Crippen LogP contribution in [0.15, 0.2) is 10.6 Å². The van der Waals surface area contributed by atoms with Crippen molar-refractivity contribution in [3.8, 4) is 0 Å². The molecule has 0 unspecified atom stereocenters. The van der Waals surface area contributed by atoms with Crippen molar-refractivity contribution < 1.29 is 9.26 Å². The number of hydrogen-bond donors (Lipinski definition) is 0. The molecule has 1 saturated heterocycles. The van der Waals surface area contributed by atoms with Crippen LogP contribution >= 0.6 is 0 Å². The highest BCUT2D eigenvalue weighted by Crippen LogP contribution is 2.19. The van der Waals surface area contributed by atoms with Gasteiger partial charge in [0.05, 0.1) is 11.8 Å². The second kappa shape index (κ2) is 5.82. The highest BCUT2D eigenvalue weighted by Gasteiger charge is 2.30. The Balaban J connectivity index is 1.82. The van der Waals surface area contributed by atoms with Gasteiger partial charge in [-0.15, -0.1) is 0 Å². The standard InChI is InChI=1S/C13H23N3O2/c1-10-5-11(14-18-10)7-15(2)8-12-6-13(17-4)9-16(12)3/h5,12-13H,6-9H2,1-4H3/t12-,13-/m0/s1. The minimum atomic E-state index is 0.377. The molecule has 5 heteroatoms. The van der Waals surface area contributed by atoms with E-state index >= 15 is 0 Å². The van der Waals surface area contributed by atoms with Gasteiger partial charge >= 0.3 is 0 Å². The summed E-state index contributed by atoms with van der Waals surface area (Å²) < 4.78 is 10.5. The maximum atomic E-state index is 5.43. The van der Waals surface area contributed by atoms with Crippen LogP contribution in [0.3, 0.4) is 0 Å². The smallest absolute Gasteiger partial charge is 0.133 e. The Bertz CT molecular complexity index is 380. The first-order chi connectivity index (χ1) is 8.58. The van der Waals surface area contributed by atoms with Gasteiger partial charge in [0.2, 0.25) is 0 Å². The van der Waals surface area contributed by atoms with Crippen molar-refractivity contribution in [2.24, 2.45) is 0 Å². The lowest BCUT2D eigenvalue weighted by Crippen LogP contribution is -2.36. The minimum Gasteiger partial charge on any atom is -0.380 e. The summed E-state index contributed by atoms with van der Waals surface area (Å²) in [7, 11) is 6.08. The van der Waals surface area contributed by atoms with Crippen molar-refractivity contribution in [2.75, 3.05) is 34.3 Å². The molecule has 5 nitrogen and oxygen atoms in total. The van der Waals surface area contributed by atoms with Crippen LogP contribution in [0.2, 0.25) is 0 Å². The summed E-state index contributed by atoms with van der Waals surface area (Å²) in [4.78, 5) is 4.66. The number of likely N-dealkylation sites (N-methyl/N-ethyl adjacent to an activating group) is 2. The van der Waals surface area contributed by atoms with E-state index in [1.807, 2.05) is 13.0 Å². The molecule has 1 fully saturated rings. The van der Waals surface area contributed by atoms with E-state index in [-0.39, 0.29) is 0 Å². The second-order valence-corrected chi connectivity index (χ2v) is 5.31. The van der Waals surface area contributed by atoms with Gasteiger partial charge in [-0.25, -0.2) is 0 Å². The Labute approximate surface area is 109 Å².